The van der Waals surface area contributed by atoms with Gasteiger partial charge in [0.15, 0.2) is 0 Å². The molecular formula is C11H12N4O3. The average molecular weight is 248 g/mol. The van der Waals surface area contributed by atoms with Gasteiger partial charge in [-0.05, 0) is 18.2 Å². The molecule has 0 saturated carbocycles. The normalized spacial score (nSPS) is 12.3. The molecule has 7 heteroatoms. The summed E-state index contributed by atoms with van der Waals surface area (Å²) in [7, 11) is 0. The predicted molar refractivity (Wildman–Crippen MR) is 65.0 cm³/mol. The van der Waals surface area contributed by atoms with Crippen LogP contribution in [0.2, 0.25) is 0 Å². The van der Waals surface area contributed by atoms with E-state index in [1.165, 1.54) is 0 Å². The molecule has 94 valence electrons. The lowest BCUT2D eigenvalue weighted by atomic mass is 10.2. The van der Waals surface area contributed by atoms with Gasteiger partial charge in [0, 0.05) is 11.1 Å². The van der Waals surface area contributed by atoms with Gasteiger partial charge in [-0.1, -0.05) is 0 Å². The molecule has 1 aromatic carbocycles. The topological polar surface area (TPSA) is 121 Å². The first-order chi connectivity index (χ1) is 8.56. The first-order valence-corrected chi connectivity index (χ1v) is 5.27. The standard InChI is InChI=1S/C11H12N4O3/c12-8(4-10(16)17)11(18)14-7-1-2-9-6(3-7)5-13-15-9/h1-3,5,8H,4,12H2,(H,13,15)(H,14,18)(H,16,17). The molecule has 2 rings (SSSR count). The van der Waals surface area contributed by atoms with Gasteiger partial charge in [-0.2, -0.15) is 5.10 Å². The highest BCUT2D eigenvalue weighted by atomic mass is 16.4. The van der Waals surface area contributed by atoms with Crippen LogP contribution in [0.3, 0.4) is 0 Å². The largest absolute Gasteiger partial charge is 0.481 e. The number of aromatic nitrogens is 2. The Morgan fingerprint density at radius 1 is 1.50 bits per heavy atom. The first kappa shape index (κ1) is 12.1. The molecule has 0 bridgehead atoms. The second-order valence-electron chi connectivity index (χ2n) is 3.87. The van der Waals surface area contributed by atoms with E-state index in [4.69, 9.17) is 10.8 Å². The molecule has 0 saturated heterocycles. The molecule has 0 spiro atoms. The summed E-state index contributed by atoms with van der Waals surface area (Å²) in [6.07, 6.45) is 1.22. The number of H-pyrrole nitrogens is 1. The lowest BCUT2D eigenvalue weighted by molar-refractivity contribution is -0.138. The second-order valence-corrected chi connectivity index (χ2v) is 3.87. The Balaban J connectivity index is 2.08. The van der Waals surface area contributed by atoms with Crippen molar-refractivity contribution in [3.8, 4) is 0 Å². The Morgan fingerprint density at radius 3 is 3.00 bits per heavy atom. The van der Waals surface area contributed by atoms with Crippen molar-refractivity contribution in [1.82, 2.24) is 10.2 Å². The van der Waals surface area contributed by atoms with Crippen LogP contribution in [0.4, 0.5) is 5.69 Å². The number of carboxylic acids is 1. The molecule has 1 heterocycles. The van der Waals surface area contributed by atoms with Crippen molar-refractivity contribution in [3.05, 3.63) is 24.4 Å². The molecule has 0 aliphatic carbocycles. The zero-order valence-electron chi connectivity index (χ0n) is 9.38. The lowest BCUT2D eigenvalue weighted by Gasteiger charge is -2.10. The molecule has 5 N–H and O–H groups in total. The zero-order valence-corrected chi connectivity index (χ0v) is 9.38. The van der Waals surface area contributed by atoms with Crippen LogP contribution in [0.5, 0.6) is 0 Å². The van der Waals surface area contributed by atoms with Crippen molar-refractivity contribution >= 4 is 28.5 Å². The van der Waals surface area contributed by atoms with Crippen LogP contribution in [0.15, 0.2) is 24.4 Å². The van der Waals surface area contributed by atoms with Crippen molar-refractivity contribution in [3.63, 3.8) is 0 Å². The lowest BCUT2D eigenvalue weighted by Crippen LogP contribution is -2.37. The summed E-state index contributed by atoms with van der Waals surface area (Å²) in [6.45, 7) is 0. The van der Waals surface area contributed by atoms with E-state index in [2.05, 4.69) is 15.5 Å². The van der Waals surface area contributed by atoms with Gasteiger partial charge in [0.1, 0.15) is 0 Å². The van der Waals surface area contributed by atoms with Gasteiger partial charge in [0.2, 0.25) is 5.91 Å². The molecule has 0 fully saturated rings. The number of nitrogens with two attached hydrogens (primary N) is 1. The Labute approximate surface area is 102 Å². The van der Waals surface area contributed by atoms with Crippen molar-refractivity contribution in [1.29, 1.82) is 0 Å². The number of carboxylic acid groups (broad SMARTS) is 1. The third kappa shape index (κ3) is 2.64. The van der Waals surface area contributed by atoms with Crippen LogP contribution >= 0.6 is 0 Å². The van der Waals surface area contributed by atoms with Gasteiger partial charge >= 0.3 is 5.97 Å². The Morgan fingerprint density at radius 2 is 2.28 bits per heavy atom. The van der Waals surface area contributed by atoms with Crippen LogP contribution < -0.4 is 11.1 Å². The zero-order chi connectivity index (χ0) is 13.1. The van der Waals surface area contributed by atoms with E-state index in [9.17, 15) is 9.59 Å². The van der Waals surface area contributed by atoms with Crippen LogP contribution in [-0.2, 0) is 9.59 Å². The quantitative estimate of drug-likeness (QED) is 0.620. The molecule has 1 aromatic heterocycles. The van der Waals surface area contributed by atoms with Crippen LogP contribution in [-0.4, -0.2) is 33.2 Å². The fourth-order valence-electron chi connectivity index (χ4n) is 1.54. The number of nitrogens with zero attached hydrogens (tertiary/aromatic N) is 1. The van der Waals surface area contributed by atoms with Crippen LogP contribution in [0.1, 0.15) is 6.42 Å². The van der Waals surface area contributed by atoms with Crippen LogP contribution in [0, 0.1) is 0 Å². The highest BCUT2D eigenvalue weighted by Crippen LogP contribution is 2.16. The van der Waals surface area contributed by atoms with Crippen molar-refractivity contribution in [2.45, 2.75) is 12.5 Å². The monoisotopic (exact) mass is 248 g/mol. The van der Waals surface area contributed by atoms with Crippen molar-refractivity contribution < 1.29 is 14.7 Å². The minimum absolute atomic E-state index is 0.403. The third-order valence-electron chi connectivity index (χ3n) is 2.44. The van der Waals surface area contributed by atoms with Crippen molar-refractivity contribution in [2.24, 2.45) is 5.73 Å². The fraction of sp³-hybridized carbons (Fsp3) is 0.182. The number of aliphatic carboxylic acids is 1. The number of benzene rings is 1. The van der Waals surface area contributed by atoms with Gasteiger partial charge in [0.25, 0.3) is 0 Å². The maximum Gasteiger partial charge on any atom is 0.305 e. The van der Waals surface area contributed by atoms with Gasteiger partial charge in [-0.3, -0.25) is 14.7 Å². The molecule has 0 radical (unpaired) electrons. The summed E-state index contributed by atoms with van der Waals surface area (Å²) in [5, 5.41) is 18.6. The number of nitrogens with one attached hydrogen (secondary N) is 2. The number of carbonyl (C=O) groups excluding carboxylic acids is 1. The summed E-state index contributed by atoms with van der Waals surface area (Å²) in [5.41, 5.74) is 6.85. The first-order valence-electron chi connectivity index (χ1n) is 5.27. The summed E-state index contributed by atoms with van der Waals surface area (Å²) in [4.78, 5) is 22.0. The van der Waals surface area contributed by atoms with E-state index in [0.29, 0.717) is 5.69 Å². The molecule has 0 aliphatic heterocycles. The highest BCUT2D eigenvalue weighted by molar-refractivity contribution is 5.98. The predicted octanol–water partition coefficient (Wildman–Crippen LogP) is 0.303. The Bertz CT molecular complexity index is 593. The maximum absolute atomic E-state index is 11.6. The number of fused-ring (bicyclic) bond motifs is 1. The second kappa shape index (κ2) is 4.84. The summed E-state index contributed by atoms with van der Waals surface area (Å²) in [5.74, 6) is -1.64. The van der Waals surface area contributed by atoms with E-state index >= 15 is 0 Å². The number of anilines is 1. The molecular weight excluding hydrogens is 236 g/mol. The van der Waals surface area contributed by atoms with Gasteiger partial charge in [-0.15, -0.1) is 0 Å². The number of amides is 1. The SMILES string of the molecule is NC(CC(=O)O)C(=O)Nc1ccc2[nH]ncc2c1. The molecule has 7 nitrogen and oxygen atoms in total. The molecule has 1 atom stereocenters. The molecule has 1 amide bonds. The number of rotatable bonds is 4. The molecule has 2 aromatic rings. The summed E-state index contributed by atoms with van der Waals surface area (Å²) >= 11 is 0. The van der Waals surface area contributed by atoms with E-state index < -0.39 is 24.3 Å². The van der Waals surface area contributed by atoms with Crippen LogP contribution in [0.25, 0.3) is 10.9 Å². The van der Waals surface area contributed by atoms with Gasteiger partial charge in [-0.25, -0.2) is 0 Å². The van der Waals surface area contributed by atoms with E-state index in [0.717, 1.165) is 10.9 Å². The Hall–Kier alpha value is -2.41. The fourth-order valence-corrected chi connectivity index (χ4v) is 1.54. The third-order valence-corrected chi connectivity index (χ3v) is 2.44. The Kier molecular flexibility index (Phi) is 3.24. The number of hydrogen-bond acceptors (Lipinski definition) is 4. The summed E-state index contributed by atoms with van der Waals surface area (Å²) in [6, 6.07) is 4.11. The minimum Gasteiger partial charge on any atom is -0.481 e. The van der Waals surface area contributed by atoms with E-state index in [1.807, 2.05) is 0 Å². The van der Waals surface area contributed by atoms with E-state index in [1.54, 1.807) is 24.4 Å². The number of carbonyl (C=O) groups is 2. The molecule has 0 aliphatic rings. The minimum atomic E-state index is -1.11. The van der Waals surface area contributed by atoms with Gasteiger partial charge < -0.3 is 16.2 Å². The number of hydrogen-bond donors (Lipinski definition) is 4. The summed E-state index contributed by atoms with van der Waals surface area (Å²) < 4.78 is 0. The molecule has 1 unspecified atom stereocenters. The van der Waals surface area contributed by atoms with Gasteiger partial charge in [0.05, 0.1) is 24.2 Å². The average Bonchev–Trinajstić information content (AvgIpc) is 2.75. The smallest absolute Gasteiger partial charge is 0.305 e. The maximum atomic E-state index is 11.6. The number of aromatic amines is 1. The highest BCUT2D eigenvalue weighted by Gasteiger charge is 2.17. The van der Waals surface area contributed by atoms with Crippen molar-refractivity contribution in [2.75, 3.05) is 5.32 Å². The molecule has 18 heavy (non-hydrogen) atoms. The van der Waals surface area contributed by atoms with E-state index in [-0.39, 0.29) is 0 Å².